The van der Waals surface area contributed by atoms with Crippen LogP contribution in [-0.4, -0.2) is 16.2 Å². The summed E-state index contributed by atoms with van der Waals surface area (Å²) in [6.45, 7) is 3.32. The Labute approximate surface area is 80.3 Å². The van der Waals surface area contributed by atoms with Crippen LogP contribution in [0.4, 0.5) is 0 Å². The first-order chi connectivity index (χ1) is 6.02. The molecule has 0 saturated carbocycles. The summed E-state index contributed by atoms with van der Waals surface area (Å²) in [4.78, 5) is 11.4. The Balaban J connectivity index is 2.94. The molecule has 1 heterocycles. The topological polar surface area (TPSA) is 81.2 Å². The van der Waals surface area contributed by atoms with Gasteiger partial charge in [-0.1, -0.05) is 5.16 Å². The predicted molar refractivity (Wildman–Crippen MR) is 50.2 cm³/mol. The minimum absolute atomic E-state index is 0.0648. The van der Waals surface area contributed by atoms with Crippen molar-refractivity contribution in [2.75, 3.05) is 0 Å². The number of nitrogens with zero attached hydrogens (tertiary/aromatic N) is 1. The summed E-state index contributed by atoms with van der Waals surface area (Å²) in [6, 6.07) is 0. The molecule has 5 nitrogen and oxygen atoms in total. The summed E-state index contributed by atoms with van der Waals surface area (Å²) in [7, 11) is 0. The number of nitrogens with one attached hydrogen (secondary N) is 1. The van der Waals surface area contributed by atoms with E-state index in [9.17, 15) is 4.79 Å². The number of aryl methyl sites for hydroxylation is 2. The van der Waals surface area contributed by atoms with E-state index in [1.165, 1.54) is 0 Å². The maximum Gasteiger partial charge on any atom is 0.262 e. The van der Waals surface area contributed by atoms with Crippen LogP contribution in [0, 0.1) is 13.8 Å². The smallest absolute Gasteiger partial charge is 0.262 e. The maximum atomic E-state index is 11.4. The van der Waals surface area contributed by atoms with E-state index >= 15 is 0 Å². The number of rotatable bonds is 1. The van der Waals surface area contributed by atoms with Crippen molar-refractivity contribution in [2.45, 2.75) is 13.8 Å². The second-order valence-electron chi connectivity index (χ2n) is 2.52. The maximum absolute atomic E-state index is 11.4. The predicted octanol–water partition coefficient (Wildman–Crippen LogP) is 0.265. The van der Waals surface area contributed by atoms with Gasteiger partial charge in [-0.05, 0) is 26.1 Å². The lowest BCUT2D eigenvalue weighted by molar-refractivity contribution is 0.0975. The molecule has 1 amide bonds. The Kier molecular flexibility index (Phi) is 2.62. The lowest BCUT2D eigenvalue weighted by Gasteiger charge is -2.00. The molecule has 0 aliphatic rings. The number of amides is 1. The standard InChI is InChI=1S/C7H9N3O2S/c1-3-5(4(2)12-10-3)6(11)9-7(8)13/h1-2H3,(H3,8,9,11,13). The summed E-state index contributed by atoms with van der Waals surface area (Å²) >= 11 is 4.53. The van der Waals surface area contributed by atoms with Crippen LogP contribution in [0.25, 0.3) is 0 Å². The van der Waals surface area contributed by atoms with Gasteiger partial charge in [0, 0.05) is 0 Å². The van der Waals surface area contributed by atoms with Gasteiger partial charge in [-0.25, -0.2) is 0 Å². The number of hydrogen-bond donors (Lipinski definition) is 2. The zero-order valence-electron chi connectivity index (χ0n) is 7.25. The highest BCUT2D eigenvalue weighted by Gasteiger charge is 2.17. The number of carbonyl (C=O) groups excluding carboxylic acids is 1. The average molecular weight is 199 g/mol. The fourth-order valence-corrected chi connectivity index (χ4v) is 1.07. The second-order valence-corrected chi connectivity index (χ2v) is 2.96. The second kappa shape index (κ2) is 3.53. The molecular formula is C7H9N3O2S. The van der Waals surface area contributed by atoms with E-state index in [2.05, 4.69) is 22.7 Å². The number of hydrogen-bond acceptors (Lipinski definition) is 4. The van der Waals surface area contributed by atoms with E-state index in [0.717, 1.165) is 0 Å². The molecule has 1 aromatic heterocycles. The highest BCUT2D eigenvalue weighted by molar-refractivity contribution is 7.80. The normalized spacial score (nSPS) is 9.69. The molecule has 0 atom stereocenters. The molecule has 0 aromatic carbocycles. The zero-order valence-corrected chi connectivity index (χ0v) is 8.07. The molecule has 3 N–H and O–H groups in total. The molecule has 0 radical (unpaired) electrons. The van der Waals surface area contributed by atoms with Crippen LogP contribution < -0.4 is 11.1 Å². The van der Waals surface area contributed by atoms with Crippen molar-refractivity contribution in [2.24, 2.45) is 5.73 Å². The van der Waals surface area contributed by atoms with Crippen LogP contribution in [0.15, 0.2) is 4.52 Å². The molecular weight excluding hydrogens is 190 g/mol. The third-order valence-corrected chi connectivity index (χ3v) is 1.60. The molecule has 6 heteroatoms. The Morgan fingerprint density at radius 3 is 2.62 bits per heavy atom. The van der Waals surface area contributed by atoms with Crippen molar-refractivity contribution in [3.63, 3.8) is 0 Å². The van der Waals surface area contributed by atoms with Crippen molar-refractivity contribution in [1.82, 2.24) is 10.5 Å². The van der Waals surface area contributed by atoms with Gasteiger partial charge in [0.1, 0.15) is 11.3 Å². The molecule has 0 saturated heterocycles. The highest BCUT2D eigenvalue weighted by Crippen LogP contribution is 2.11. The monoisotopic (exact) mass is 199 g/mol. The van der Waals surface area contributed by atoms with Gasteiger partial charge < -0.3 is 10.3 Å². The third-order valence-electron chi connectivity index (χ3n) is 1.50. The molecule has 1 aromatic rings. The van der Waals surface area contributed by atoms with E-state index in [4.69, 9.17) is 10.3 Å². The summed E-state index contributed by atoms with van der Waals surface area (Å²) in [5, 5.41) is 5.86. The van der Waals surface area contributed by atoms with Gasteiger partial charge in [0.15, 0.2) is 5.11 Å². The van der Waals surface area contributed by atoms with Crippen LogP contribution in [0.2, 0.25) is 0 Å². The summed E-state index contributed by atoms with van der Waals surface area (Å²) in [5.74, 6) is 0.0648. The van der Waals surface area contributed by atoms with Crippen LogP contribution in [0.1, 0.15) is 21.8 Å². The number of nitrogens with two attached hydrogens (primary N) is 1. The fourth-order valence-electron chi connectivity index (χ4n) is 0.982. The van der Waals surface area contributed by atoms with Gasteiger partial charge >= 0.3 is 0 Å². The number of aromatic nitrogens is 1. The summed E-state index contributed by atoms with van der Waals surface area (Å²) in [6.07, 6.45) is 0. The Morgan fingerprint density at radius 1 is 1.62 bits per heavy atom. The first-order valence-electron chi connectivity index (χ1n) is 3.56. The Hall–Kier alpha value is -1.43. The lowest BCUT2D eigenvalue weighted by Crippen LogP contribution is -2.35. The lowest BCUT2D eigenvalue weighted by atomic mass is 10.2. The molecule has 0 unspecified atom stereocenters. The van der Waals surface area contributed by atoms with Gasteiger partial charge in [-0.3, -0.25) is 10.1 Å². The van der Waals surface area contributed by atoms with E-state index in [1.807, 2.05) is 0 Å². The molecule has 0 spiro atoms. The van der Waals surface area contributed by atoms with Crippen molar-refractivity contribution < 1.29 is 9.32 Å². The average Bonchev–Trinajstić information content (AvgIpc) is 2.29. The van der Waals surface area contributed by atoms with Gasteiger partial charge in [0.25, 0.3) is 5.91 Å². The molecule has 13 heavy (non-hydrogen) atoms. The first kappa shape index (κ1) is 9.66. The largest absolute Gasteiger partial charge is 0.376 e. The SMILES string of the molecule is Cc1noc(C)c1C(=O)NC(N)=S. The highest BCUT2D eigenvalue weighted by atomic mass is 32.1. The minimum Gasteiger partial charge on any atom is -0.376 e. The van der Waals surface area contributed by atoms with E-state index in [-0.39, 0.29) is 11.0 Å². The van der Waals surface area contributed by atoms with E-state index in [1.54, 1.807) is 13.8 Å². The van der Waals surface area contributed by atoms with Crippen molar-refractivity contribution in [3.05, 3.63) is 17.0 Å². The van der Waals surface area contributed by atoms with E-state index in [0.29, 0.717) is 17.0 Å². The van der Waals surface area contributed by atoms with Crippen LogP contribution >= 0.6 is 12.2 Å². The molecule has 70 valence electrons. The van der Waals surface area contributed by atoms with Gasteiger partial charge in [0.05, 0.1) is 5.69 Å². The number of carbonyl (C=O) groups is 1. The molecule has 1 rings (SSSR count). The Morgan fingerprint density at radius 2 is 2.23 bits per heavy atom. The Bertz CT molecular complexity index is 339. The van der Waals surface area contributed by atoms with Crippen LogP contribution in [-0.2, 0) is 0 Å². The first-order valence-corrected chi connectivity index (χ1v) is 3.97. The van der Waals surface area contributed by atoms with Crippen LogP contribution in [0.3, 0.4) is 0 Å². The summed E-state index contributed by atoms with van der Waals surface area (Å²) in [5.41, 5.74) is 6.05. The van der Waals surface area contributed by atoms with E-state index < -0.39 is 0 Å². The molecule has 0 aliphatic carbocycles. The zero-order chi connectivity index (χ0) is 10.0. The van der Waals surface area contributed by atoms with Gasteiger partial charge in [-0.15, -0.1) is 0 Å². The van der Waals surface area contributed by atoms with Crippen molar-refractivity contribution >= 4 is 23.2 Å². The molecule has 0 aliphatic heterocycles. The quantitative estimate of drug-likeness (QED) is 0.634. The summed E-state index contributed by atoms with van der Waals surface area (Å²) < 4.78 is 4.80. The van der Waals surface area contributed by atoms with Crippen LogP contribution in [0.5, 0.6) is 0 Å². The molecule has 0 bridgehead atoms. The molecule has 0 fully saturated rings. The van der Waals surface area contributed by atoms with Gasteiger partial charge in [-0.2, -0.15) is 0 Å². The van der Waals surface area contributed by atoms with Crippen molar-refractivity contribution in [3.8, 4) is 0 Å². The van der Waals surface area contributed by atoms with Gasteiger partial charge in [0.2, 0.25) is 0 Å². The van der Waals surface area contributed by atoms with Crippen molar-refractivity contribution in [1.29, 1.82) is 0 Å². The fraction of sp³-hybridized carbons (Fsp3) is 0.286. The third kappa shape index (κ3) is 2.03. The minimum atomic E-state index is -0.385. The number of thiocarbonyl (C=S) groups is 1.